The van der Waals surface area contributed by atoms with Crippen LogP contribution in [0.15, 0.2) is 12.1 Å². The van der Waals surface area contributed by atoms with Crippen LogP contribution < -0.4 is 5.73 Å². The van der Waals surface area contributed by atoms with Gasteiger partial charge in [0.05, 0.1) is 6.61 Å². The summed E-state index contributed by atoms with van der Waals surface area (Å²) in [6.07, 6.45) is 0. The van der Waals surface area contributed by atoms with E-state index in [1.165, 1.54) is 11.3 Å². The predicted octanol–water partition coefficient (Wildman–Crippen LogP) is 1.45. The Morgan fingerprint density at radius 1 is 1.53 bits per heavy atom. The Labute approximate surface area is 89.9 Å². The summed E-state index contributed by atoms with van der Waals surface area (Å²) in [7, 11) is 0. The smallest absolute Gasteiger partial charge is 0.356 e. The summed E-state index contributed by atoms with van der Waals surface area (Å²) >= 11 is 1.25. The summed E-state index contributed by atoms with van der Waals surface area (Å²) in [6.45, 7) is 2.09. The Bertz CT molecular complexity index is 509. The molecule has 2 aromatic heterocycles. The van der Waals surface area contributed by atoms with E-state index in [1.54, 1.807) is 19.1 Å². The van der Waals surface area contributed by atoms with Gasteiger partial charge in [0, 0.05) is 0 Å². The van der Waals surface area contributed by atoms with Gasteiger partial charge in [0.2, 0.25) is 0 Å². The number of nitrogens with zero attached hydrogens (tertiary/aromatic N) is 2. The van der Waals surface area contributed by atoms with Gasteiger partial charge in [0.1, 0.15) is 16.0 Å². The van der Waals surface area contributed by atoms with Crippen molar-refractivity contribution in [2.24, 2.45) is 0 Å². The molecule has 0 saturated carbocycles. The van der Waals surface area contributed by atoms with Crippen LogP contribution in [0, 0.1) is 0 Å². The topological polar surface area (TPSA) is 78.1 Å². The zero-order chi connectivity index (χ0) is 10.8. The van der Waals surface area contributed by atoms with Gasteiger partial charge in [-0.15, -0.1) is 0 Å². The van der Waals surface area contributed by atoms with Gasteiger partial charge in [0.15, 0.2) is 5.13 Å². The lowest BCUT2D eigenvalue weighted by atomic mass is 10.3. The standard InChI is InChI=1S/C9H9N3O2S/c1-2-14-8(13)6-4-3-5-7(11-6)15-9(10)12-5/h3-4H,2H2,1H3,(H2,10,12). The molecule has 0 spiro atoms. The van der Waals surface area contributed by atoms with Gasteiger partial charge >= 0.3 is 5.97 Å². The van der Waals surface area contributed by atoms with Crippen molar-refractivity contribution in [3.05, 3.63) is 17.8 Å². The Morgan fingerprint density at radius 3 is 3.07 bits per heavy atom. The zero-order valence-electron chi connectivity index (χ0n) is 8.06. The fraction of sp³-hybridized carbons (Fsp3) is 0.222. The largest absolute Gasteiger partial charge is 0.461 e. The third kappa shape index (κ3) is 1.89. The molecule has 0 saturated heterocycles. The van der Waals surface area contributed by atoms with E-state index in [2.05, 4.69) is 9.97 Å². The van der Waals surface area contributed by atoms with Crippen molar-refractivity contribution in [3.63, 3.8) is 0 Å². The number of pyridine rings is 1. The number of ether oxygens (including phenoxy) is 1. The van der Waals surface area contributed by atoms with Crippen molar-refractivity contribution in [1.82, 2.24) is 9.97 Å². The highest BCUT2D eigenvalue weighted by atomic mass is 32.1. The van der Waals surface area contributed by atoms with Gasteiger partial charge in [-0.05, 0) is 19.1 Å². The highest BCUT2D eigenvalue weighted by Gasteiger charge is 2.10. The van der Waals surface area contributed by atoms with Gasteiger partial charge in [-0.25, -0.2) is 14.8 Å². The number of esters is 1. The quantitative estimate of drug-likeness (QED) is 0.779. The van der Waals surface area contributed by atoms with E-state index < -0.39 is 5.97 Å². The zero-order valence-corrected chi connectivity index (χ0v) is 8.87. The molecule has 0 aliphatic rings. The van der Waals surface area contributed by atoms with Crippen molar-refractivity contribution >= 4 is 32.8 Å². The first kappa shape index (κ1) is 9.85. The normalized spacial score (nSPS) is 10.5. The summed E-state index contributed by atoms with van der Waals surface area (Å²) in [5, 5.41) is 0.443. The summed E-state index contributed by atoms with van der Waals surface area (Å²) in [4.78, 5) is 20.2. The first-order valence-corrected chi connectivity index (χ1v) is 5.22. The number of nitrogen functional groups attached to an aromatic ring is 1. The SMILES string of the molecule is CCOC(=O)c1ccc2nc(N)sc2n1. The number of anilines is 1. The van der Waals surface area contributed by atoms with E-state index in [9.17, 15) is 4.79 Å². The molecule has 2 aromatic rings. The number of nitrogens with two attached hydrogens (primary N) is 1. The molecule has 2 heterocycles. The van der Waals surface area contributed by atoms with Gasteiger partial charge in [-0.1, -0.05) is 11.3 Å². The molecule has 0 aliphatic heterocycles. The van der Waals surface area contributed by atoms with Crippen molar-refractivity contribution < 1.29 is 9.53 Å². The second-order valence-electron chi connectivity index (χ2n) is 2.79. The minimum absolute atomic E-state index is 0.285. The number of rotatable bonds is 2. The lowest BCUT2D eigenvalue weighted by molar-refractivity contribution is 0.0520. The number of carbonyl (C=O) groups excluding carboxylic acids is 1. The van der Waals surface area contributed by atoms with Crippen LogP contribution in [0.4, 0.5) is 5.13 Å². The van der Waals surface area contributed by atoms with Gasteiger partial charge in [-0.3, -0.25) is 0 Å². The minimum Gasteiger partial charge on any atom is -0.461 e. The van der Waals surface area contributed by atoms with Crippen molar-refractivity contribution in [2.75, 3.05) is 12.3 Å². The maximum atomic E-state index is 11.4. The number of fused-ring (bicyclic) bond motifs is 1. The molecule has 78 valence electrons. The van der Waals surface area contributed by atoms with Gasteiger partial charge in [-0.2, -0.15) is 0 Å². The third-order valence-electron chi connectivity index (χ3n) is 1.76. The number of hydrogen-bond acceptors (Lipinski definition) is 6. The summed E-state index contributed by atoms with van der Waals surface area (Å²) in [5.74, 6) is -0.425. The monoisotopic (exact) mass is 223 g/mol. The molecule has 0 radical (unpaired) electrons. The molecular weight excluding hydrogens is 214 g/mol. The fourth-order valence-corrected chi connectivity index (χ4v) is 1.86. The summed E-state index contributed by atoms with van der Waals surface area (Å²) < 4.78 is 4.84. The highest BCUT2D eigenvalue weighted by Crippen LogP contribution is 2.21. The Hall–Kier alpha value is -1.69. The van der Waals surface area contributed by atoms with Crippen molar-refractivity contribution in [2.45, 2.75) is 6.92 Å². The molecule has 6 heteroatoms. The molecule has 15 heavy (non-hydrogen) atoms. The molecular formula is C9H9N3O2S. The predicted molar refractivity (Wildman–Crippen MR) is 57.8 cm³/mol. The third-order valence-corrected chi connectivity index (χ3v) is 2.55. The second kappa shape index (κ2) is 3.82. The maximum absolute atomic E-state index is 11.4. The van der Waals surface area contributed by atoms with Gasteiger partial charge in [0.25, 0.3) is 0 Å². The highest BCUT2D eigenvalue weighted by molar-refractivity contribution is 7.21. The van der Waals surface area contributed by atoms with Crippen LogP contribution in [0.1, 0.15) is 17.4 Å². The van der Waals surface area contributed by atoms with E-state index in [0.717, 1.165) is 0 Å². The van der Waals surface area contributed by atoms with E-state index in [-0.39, 0.29) is 5.69 Å². The molecule has 0 fully saturated rings. The van der Waals surface area contributed by atoms with Crippen LogP contribution in [0.2, 0.25) is 0 Å². The fourth-order valence-electron chi connectivity index (χ4n) is 1.15. The van der Waals surface area contributed by atoms with E-state index in [1.807, 2.05) is 0 Å². The van der Waals surface area contributed by atoms with Crippen LogP contribution in [-0.4, -0.2) is 22.5 Å². The second-order valence-corrected chi connectivity index (χ2v) is 3.80. The van der Waals surface area contributed by atoms with Crippen LogP contribution >= 0.6 is 11.3 Å². The molecule has 0 unspecified atom stereocenters. The van der Waals surface area contributed by atoms with Crippen LogP contribution in [0.3, 0.4) is 0 Å². The van der Waals surface area contributed by atoms with Crippen molar-refractivity contribution in [1.29, 1.82) is 0 Å². The van der Waals surface area contributed by atoms with E-state index in [4.69, 9.17) is 10.5 Å². The summed E-state index contributed by atoms with van der Waals surface area (Å²) in [6, 6.07) is 3.29. The molecule has 5 nitrogen and oxygen atoms in total. The molecule has 0 aliphatic carbocycles. The minimum atomic E-state index is -0.425. The van der Waals surface area contributed by atoms with E-state index >= 15 is 0 Å². The molecule has 0 aromatic carbocycles. The number of thiazole rings is 1. The first-order chi connectivity index (χ1) is 7.20. The number of hydrogen-bond donors (Lipinski definition) is 1. The van der Waals surface area contributed by atoms with Crippen molar-refractivity contribution in [3.8, 4) is 0 Å². The molecule has 0 atom stereocenters. The molecule has 0 amide bonds. The molecule has 0 bridgehead atoms. The Balaban J connectivity index is 2.41. The first-order valence-electron chi connectivity index (χ1n) is 4.41. The maximum Gasteiger partial charge on any atom is 0.356 e. The molecule has 2 N–H and O–H groups in total. The van der Waals surface area contributed by atoms with Crippen LogP contribution in [-0.2, 0) is 4.74 Å². The Kier molecular flexibility index (Phi) is 2.51. The average Bonchev–Trinajstić information content (AvgIpc) is 2.57. The number of carbonyl (C=O) groups is 1. The lowest BCUT2D eigenvalue weighted by Crippen LogP contribution is -2.06. The number of aromatic nitrogens is 2. The van der Waals surface area contributed by atoms with Crippen LogP contribution in [0.25, 0.3) is 10.3 Å². The van der Waals surface area contributed by atoms with E-state index in [0.29, 0.717) is 22.1 Å². The lowest BCUT2D eigenvalue weighted by Gasteiger charge is -1.99. The summed E-state index contributed by atoms with van der Waals surface area (Å²) in [5.41, 5.74) is 6.51. The Morgan fingerprint density at radius 2 is 2.33 bits per heavy atom. The van der Waals surface area contributed by atoms with Crippen LogP contribution in [0.5, 0.6) is 0 Å². The molecule has 2 rings (SSSR count). The average molecular weight is 223 g/mol. The van der Waals surface area contributed by atoms with Gasteiger partial charge < -0.3 is 10.5 Å².